The van der Waals surface area contributed by atoms with E-state index >= 15 is 0 Å². The average molecular weight is 349 g/mol. The summed E-state index contributed by atoms with van der Waals surface area (Å²) in [6.45, 7) is 8.07. The molecule has 0 aliphatic carbocycles. The predicted octanol–water partition coefficient (Wildman–Crippen LogP) is 1.09. The first-order chi connectivity index (χ1) is 11.8. The van der Waals surface area contributed by atoms with E-state index in [9.17, 15) is 4.79 Å². The fraction of sp³-hybridized carbons (Fsp3) is 0.688. The Bertz CT molecular complexity index is 600. The second-order valence-electron chi connectivity index (χ2n) is 7.59. The molecule has 0 aromatic rings. The van der Waals surface area contributed by atoms with Gasteiger partial charge in [-0.15, -0.1) is 15.7 Å². The Labute approximate surface area is 148 Å². The number of hydrazone groups is 2. The summed E-state index contributed by atoms with van der Waals surface area (Å²) in [6.07, 6.45) is 5.60. The summed E-state index contributed by atoms with van der Waals surface area (Å²) in [7, 11) is 2.04. The zero-order valence-corrected chi connectivity index (χ0v) is 15.3. The van der Waals surface area contributed by atoms with Crippen LogP contribution in [0.15, 0.2) is 22.4 Å². The zero-order chi connectivity index (χ0) is 18.0. The fourth-order valence-corrected chi connectivity index (χ4v) is 3.01. The molecule has 3 aliphatic heterocycles. The Morgan fingerprint density at radius 1 is 1.36 bits per heavy atom. The zero-order valence-electron chi connectivity index (χ0n) is 15.3. The molecule has 0 bridgehead atoms. The molecule has 138 valence electrons. The number of likely N-dealkylation sites (N-methyl/N-ethyl adjacent to an activating group) is 1. The largest absolute Gasteiger partial charge is 0.444 e. The van der Waals surface area contributed by atoms with Crippen molar-refractivity contribution in [3.63, 3.8) is 0 Å². The molecule has 9 nitrogen and oxygen atoms in total. The van der Waals surface area contributed by atoms with Gasteiger partial charge < -0.3 is 14.5 Å². The Kier molecular flexibility index (Phi) is 4.85. The Hall–Kier alpha value is -2.29. The molecule has 0 aromatic heterocycles. The van der Waals surface area contributed by atoms with Gasteiger partial charge in [-0.3, -0.25) is 0 Å². The van der Waals surface area contributed by atoms with Crippen molar-refractivity contribution in [1.82, 2.24) is 26.0 Å². The first kappa shape index (κ1) is 17.5. The molecule has 2 N–H and O–H groups in total. The molecule has 0 unspecified atom stereocenters. The minimum Gasteiger partial charge on any atom is -0.444 e. The number of amides is 1. The van der Waals surface area contributed by atoms with Gasteiger partial charge in [0.15, 0.2) is 11.7 Å². The molecule has 0 spiro atoms. The van der Waals surface area contributed by atoms with Gasteiger partial charge in [0.25, 0.3) is 0 Å². The first-order valence-electron chi connectivity index (χ1n) is 8.66. The van der Waals surface area contributed by atoms with Crippen LogP contribution >= 0.6 is 0 Å². The highest BCUT2D eigenvalue weighted by Gasteiger charge is 2.28. The van der Waals surface area contributed by atoms with E-state index in [1.54, 1.807) is 5.12 Å². The van der Waals surface area contributed by atoms with Crippen LogP contribution in [0.5, 0.6) is 0 Å². The Balaban J connectivity index is 1.47. The third kappa shape index (κ3) is 4.41. The van der Waals surface area contributed by atoms with E-state index in [1.807, 2.05) is 44.9 Å². The van der Waals surface area contributed by atoms with Crippen LogP contribution in [0.2, 0.25) is 0 Å². The number of fused-ring (bicyclic) bond motifs is 1. The van der Waals surface area contributed by atoms with E-state index < -0.39 is 5.60 Å². The highest BCUT2D eigenvalue weighted by Crippen LogP contribution is 2.21. The molecule has 3 aliphatic rings. The van der Waals surface area contributed by atoms with Gasteiger partial charge in [0.05, 0.1) is 0 Å². The SMILES string of the molecule is CN(CC1CCN(C(=O)OC(C)(C)C)CC1)C1=NN2NNN=C2C=C1. The quantitative estimate of drug-likeness (QED) is 0.776. The Morgan fingerprint density at radius 3 is 2.76 bits per heavy atom. The minimum absolute atomic E-state index is 0.210. The standard InChI is InChI=1S/C16H27N7O2/c1-16(2,3)25-15(24)22-9-7-12(8-10-22)11-21(4)14-6-5-13-17-19-20-23(13)18-14/h5-6,12,19-20H,7-11H2,1-4H3. The number of nitrogens with one attached hydrogen (secondary N) is 2. The summed E-state index contributed by atoms with van der Waals surface area (Å²) in [5.74, 6) is 2.15. The summed E-state index contributed by atoms with van der Waals surface area (Å²) >= 11 is 0. The van der Waals surface area contributed by atoms with Gasteiger partial charge in [-0.05, 0) is 51.7 Å². The molecule has 1 fully saturated rings. The van der Waals surface area contributed by atoms with Crippen LogP contribution in [0.4, 0.5) is 4.79 Å². The van der Waals surface area contributed by atoms with Crippen molar-refractivity contribution < 1.29 is 9.53 Å². The van der Waals surface area contributed by atoms with Gasteiger partial charge in [-0.2, -0.15) is 5.12 Å². The van der Waals surface area contributed by atoms with Crippen molar-refractivity contribution in [3.8, 4) is 0 Å². The van der Waals surface area contributed by atoms with E-state index in [-0.39, 0.29) is 6.09 Å². The van der Waals surface area contributed by atoms with E-state index in [2.05, 4.69) is 26.2 Å². The van der Waals surface area contributed by atoms with Gasteiger partial charge in [0.2, 0.25) is 0 Å². The number of ether oxygens (including phenoxy) is 1. The normalized spacial score (nSPS) is 20.6. The summed E-state index contributed by atoms with van der Waals surface area (Å²) in [5, 5.41) is 10.1. The van der Waals surface area contributed by atoms with Crippen LogP contribution in [0.25, 0.3) is 0 Å². The molecule has 0 saturated carbocycles. The fourth-order valence-electron chi connectivity index (χ4n) is 3.01. The smallest absolute Gasteiger partial charge is 0.410 e. The summed E-state index contributed by atoms with van der Waals surface area (Å²) in [5.41, 5.74) is 5.07. The average Bonchev–Trinajstić information content (AvgIpc) is 3.01. The van der Waals surface area contributed by atoms with Crippen LogP contribution in [0.1, 0.15) is 33.6 Å². The first-order valence-corrected chi connectivity index (χ1v) is 8.66. The van der Waals surface area contributed by atoms with Crippen molar-refractivity contribution >= 4 is 17.8 Å². The van der Waals surface area contributed by atoms with Crippen molar-refractivity contribution in [2.75, 3.05) is 26.7 Å². The topological polar surface area (TPSA) is 84.8 Å². The molecule has 3 rings (SSSR count). The number of hydrogen-bond donors (Lipinski definition) is 2. The number of hydrogen-bond acceptors (Lipinski definition) is 8. The van der Waals surface area contributed by atoms with Gasteiger partial charge in [-0.25, -0.2) is 10.3 Å². The molecule has 0 aromatic carbocycles. The molecule has 25 heavy (non-hydrogen) atoms. The summed E-state index contributed by atoms with van der Waals surface area (Å²) in [6, 6.07) is 0. The maximum Gasteiger partial charge on any atom is 0.410 e. The van der Waals surface area contributed by atoms with Gasteiger partial charge in [0, 0.05) is 26.7 Å². The molecular formula is C16H27N7O2. The number of carbonyl (C=O) groups is 1. The number of nitrogens with zero attached hydrogens (tertiary/aromatic N) is 5. The van der Waals surface area contributed by atoms with Gasteiger partial charge in [-0.1, -0.05) is 0 Å². The molecular weight excluding hydrogens is 322 g/mol. The van der Waals surface area contributed by atoms with E-state index in [0.29, 0.717) is 5.92 Å². The maximum atomic E-state index is 12.1. The van der Waals surface area contributed by atoms with Crippen molar-refractivity contribution in [2.45, 2.75) is 39.2 Å². The third-order valence-corrected chi connectivity index (χ3v) is 4.32. The predicted molar refractivity (Wildman–Crippen MR) is 95.3 cm³/mol. The lowest BCUT2D eigenvalue weighted by atomic mass is 9.96. The number of amidine groups is 2. The highest BCUT2D eigenvalue weighted by molar-refractivity contribution is 6.05. The van der Waals surface area contributed by atoms with Crippen LogP contribution in [0, 0.1) is 5.92 Å². The number of hydrazine groups is 2. The van der Waals surface area contributed by atoms with Gasteiger partial charge >= 0.3 is 6.09 Å². The van der Waals surface area contributed by atoms with E-state index in [0.717, 1.165) is 44.1 Å². The van der Waals surface area contributed by atoms with Crippen LogP contribution in [-0.2, 0) is 4.74 Å². The lowest BCUT2D eigenvalue weighted by Crippen LogP contribution is -2.45. The maximum absolute atomic E-state index is 12.1. The Morgan fingerprint density at radius 2 is 2.08 bits per heavy atom. The number of carbonyl (C=O) groups excluding carboxylic acids is 1. The number of piperidine rings is 1. The molecule has 9 heteroatoms. The molecule has 1 saturated heterocycles. The second-order valence-corrected chi connectivity index (χ2v) is 7.59. The molecule has 1 amide bonds. The lowest BCUT2D eigenvalue weighted by molar-refractivity contribution is 0.0178. The summed E-state index contributed by atoms with van der Waals surface area (Å²) < 4.78 is 5.45. The monoisotopic (exact) mass is 349 g/mol. The van der Waals surface area contributed by atoms with E-state index in [4.69, 9.17) is 4.74 Å². The minimum atomic E-state index is -0.444. The van der Waals surface area contributed by atoms with Crippen LogP contribution in [-0.4, -0.2) is 65.0 Å². The van der Waals surface area contributed by atoms with Crippen molar-refractivity contribution in [1.29, 1.82) is 0 Å². The summed E-state index contributed by atoms with van der Waals surface area (Å²) in [4.78, 5) is 16.1. The second kappa shape index (κ2) is 6.91. The molecule has 0 radical (unpaired) electrons. The van der Waals surface area contributed by atoms with Crippen molar-refractivity contribution in [2.24, 2.45) is 16.1 Å². The lowest BCUT2D eigenvalue weighted by Gasteiger charge is -2.35. The van der Waals surface area contributed by atoms with Crippen LogP contribution in [0.3, 0.4) is 0 Å². The number of likely N-dealkylation sites (tertiary alicyclic amines) is 1. The molecule has 3 heterocycles. The third-order valence-electron chi connectivity index (χ3n) is 4.32. The molecule has 0 atom stereocenters. The van der Waals surface area contributed by atoms with Gasteiger partial charge in [0.1, 0.15) is 5.60 Å². The number of rotatable bonds is 2. The highest BCUT2D eigenvalue weighted by atomic mass is 16.6. The van der Waals surface area contributed by atoms with Crippen molar-refractivity contribution in [3.05, 3.63) is 12.2 Å². The van der Waals surface area contributed by atoms with Crippen LogP contribution < -0.4 is 11.1 Å². The van der Waals surface area contributed by atoms with E-state index in [1.165, 1.54) is 0 Å².